The van der Waals surface area contributed by atoms with Crippen molar-refractivity contribution in [1.29, 1.82) is 0 Å². The van der Waals surface area contributed by atoms with Crippen molar-refractivity contribution >= 4 is 63.4 Å². The molecule has 0 atom stereocenters. The van der Waals surface area contributed by atoms with Crippen LogP contribution in [0.5, 0.6) is 5.75 Å². The van der Waals surface area contributed by atoms with Gasteiger partial charge in [-0.2, -0.15) is 4.98 Å². The minimum Gasteiger partial charge on any atom is -0.492 e. The smallest absolute Gasteiger partial charge is 0.410 e. The molecule has 1 aliphatic rings. The Bertz CT molecular complexity index is 947. The summed E-state index contributed by atoms with van der Waals surface area (Å²) >= 11 is 14.2. The first kappa shape index (κ1) is 25.1. The second-order valence-electron chi connectivity index (χ2n) is 8.65. The number of likely N-dealkylation sites (tertiary alicyclic amines) is 1. The summed E-state index contributed by atoms with van der Waals surface area (Å²) in [5.41, 5.74) is 0.367. The van der Waals surface area contributed by atoms with E-state index in [4.69, 9.17) is 32.7 Å². The van der Waals surface area contributed by atoms with Crippen LogP contribution in [0.15, 0.2) is 24.4 Å². The van der Waals surface area contributed by atoms with Crippen molar-refractivity contribution in [2.75, 3.05) is 25.0 Å². The molecular formula is C22H27Cl2IN4O3. The Hall–Kier alpha value is -1.52. The van der Waals surface area contributed by atoms with Crippen LogP contribution in [0.2, 0.25) is 10.3 Å². The fraction of sp³-hybridized carbons (Fsp3) is 0.500. The number of aromatic nitrogens is 2. The molecule has 0 radical (unpaired) electrons. The van der Waals surface area contributed by atoms with Gasteiger partial charge in [-0.1, -0.05) is 11.6 Å². The summed E-state index contributed by atoms with van der Waals surface area (Å²) in [6.45, 7) is 7.76. The molecule has 0 spiro atoms. The molecule has 2 aromatic rings. The summed E-state index contributed by atoms with van der Waals surface area (Å²) < 4.78 is 12.4. The van der Waals surface area contributed by atoms with Gasteiger partial charge in [-0.15, -0.1) is 0 Å². The van der Waals surface area contributed by atoms with Crippen molar-refractivity contribution in [2.45, 2.75) is 45.6 Å². The number of carbonyl (C=O) groups excluding carboxylic acids is 1. The van der Waals surface area contributed by atoms with E-state index in [1.165, 1.54) is 6.20 Å². The van der Waals surface area contributed by atoms with Gasteiger partial charge in [0.15, 0.2) is 5.82 Å². The minimum absolute atomic E-state index is 0.128. The zero-order valence-electron chi connectivity index (χ0n) is 18.3. The molecule has 1 amide bonds. The van der Waals surface area contributed by atoms with Crippen LogP contribution < -0.4 is 10.1 Å². The molecule has 174 valence electrons. The maximum absolute atomic E-state index is 12.2. The molecule has 7 nitrogen and oxygen atoms in total. The zero-order valence-corrected chi connectivity index (χ0v) is 22.0. The van der Waals surface area contributed by atoms with E-state index in [1.807, 2.05) is 39.0 Å². The van der Waals surface area contributed by atoms with Crippen molar-refractivity contribution in [3.05, 3.63) is 38.3 Å². The Kier molecular flexibility index (Phi) is 8.68. The number of hydrogen-bond donors (Lipinski definition) is 1. The van der Waals surface area contributed by atoms with Gasteiger partial charge in [0.05, 0.1) is 16.4 Å². The molecule has 2 heterocycles. The number of anilines is 2. The lowest BCUT2D eigenvalue weighted by Crippen LogP contribution is -2.41. The fourth-order valence-corrected chi connectivity index (χ4v) is 4.27. The van der Waals surface area contributed by atoms with Crippen LogP contribution in [0.25, 0.3) is 0 Å². The van der Waals surface area contributed by atoms with Crippen LogP contribution in [0.4, 0.5) is 16.3 Å². The first-order valence-electron chi connectivity index (χ1n) is 10.5. The lowest BCUT2D eigenvalue weighted by molar-refractivity contribution is 0.0177. The third kappa shape index (κ3) is 7.52. The van der Waals surface area contributed by atoms with Crippen molar-refractivity contribution in [1.82, 2.24) is 14.9 Å². The molecule has 1 fully saturated rings. The van der Waals surface area contributed by atoms with Crippen molar-refractivity contribution in [3.63, 3.8) is 0 Å². The molecule has 1 N–H and O–H groups in total. The molecule has 3 rings (SSSR count). The molecule has 32 heavy (non-hydrogen) atoms. The first-order chi connectivity index (χ1) is 15.1. The van der Waals surface area contributed by atoms with Gasteiger partial charge in [0.25, 0.3) is 0 Å². The average molecular weight is 593 g/mol. The summed E-state index contributed by atoms with van der Waals surface area (Å²) in [6.07, 6.45) is 4.11. The van der Waals surface area contributed by atoms with Crippen LogP contribution in [0.1, 0.15) is 40.0 Å². The maximum Gasteiger partial charge on any atom is 0.410 e. The number of amides is 1. The van der Waals surface area contributed by atoms with E-state index in [1.54, 1.807) is 4.90 Å². The quantitative estimate of drug-likeness (QED) is 0.303. The summed E-state index contributed by atoms with van der Waals surface area (Å²) in [5, 5.41) is 3.67. The van der Waals surface area contributed by atoms with Gasteiger partial charge in [-0.3, -0.25) is 0 Å². The second-order valence-corrected chi connectivity index (χ2v) is 10.6. The number of ether oxygens (including phenoxy) is 2. The van der Waals surface area contributed by atoms with Crippen LogP contribution in [0, 0.1) is 9.49 Å². The number of nitrogens with one attached hydrogen (secondary N) is 1. The maximum atomic E-state index is 12.2. The van der Waals surface area contributed by atoms with E-state index in [0.717, 1.165) is 47.4 Å². The number of rotatable bonds is 6. The fourth-order valence-electron chi connectivity index (χ4n) is 3.33. The minimum atomic E-state index is -0.460. The highest BCUT2D eigenvalue weighted by Crippen LogP contribution is 2.29. The topological polar surface area (TPSA) is 76.6 Å². The molecule has 1 aliphatic heterocycles. The van der Waals surface area contributed by atoms with Crippen LogP contribution in [-0.4, -0.2) is 46.3 Å². The van der Waals surface area contributed by atoms with Crippen molar-refractivity contribution in [2.24, 2.45) is 5.92 Å². The lowest BCUT2D eigenvalue weighted by atomic mass is 9.94. The Balaban J connectivity index is 1.45. The summed E-state index contributed by atoms with van der Waals surface area (Å²) in [7, 11) is 0. The van der Waals surface area contributed by atoms with E-state index >= 15 is 0 Å². The van der Waals surface area contributed by atoms with Crippen molar-refractivity contribution < 1.29 is 14.3 Å². The molecule has 0 saturated carbocycles. The molecule has 0 aliphatic carbocycles. The molecular weight excluding hydrogens is 566 g/mol. The third-order valence-electron chi connectivity index (χ3n) is 4.96. The van der Waals surface area contributed by atoms with Crippen LogP contribution >= 0.6 is 45.8 Å². The Morgan fingerprint density at radius 2 is 2.00 bits per heavy atom. The third-order valence-corrected chi connectivity index (χ3v) is 6.26. The number of piperidine rings is 1. The molecule has 1 aromatic carbocycles. The van der Waals surface area contributed by atoms with Gasteiger partial charge in [0, 0.05) is 18.8 Å². The van der Waals surface area contributed by atoms with Gasteiger partial charge < -0.3 is 19.7 Å². The highest BCUT2D eigenvalue weighted by atomic mass is 127. The molecule has 10 heteroatoms. The Morgan fingerprint density at radius 3 is 2.66 bits per heavy atom. The first-order valence-corrected chi connectivity index (χ1v) is 12.3. The Morgan fingerprint density at radius 1 is 1.28 bits per heavy atom. The number of benzene rings is 1. The lowest BCUT2D eigenvalue weighted by Gasteiger charge is -2.33. The van der Waals surface area contributed by atoms with Crippen molar-refractivity contribution in [3.8, 4) is 5.75 Å². The molecule has 1 saturated heterocycles. The summed E-state index contributed by atoms with van der Waals surface area (Å²) in [6, 6.07) is 5.79. The summed E-state index contributed by atoms with van der Waals surface area (Å²) in [5.74, 6) is 1.82. The van der Waals surface area contributed by atoms with E-state index in [2.05, 4.69) is 37.9 Å². The summed E-state index contributed by atoms with van der Waals surface area (Å²) in [4.78, 5) is 21.9. The average Bonchev–Trinajstić information content (AvgIpc) is 2.71. The monoisotopic (exact) mass is 592 g/mol. The molecule has 1 aromatic heterocycles. The van der Waals surface area contributed by atoms with E-state index < -0.39 is 5.60 Å². The van der Waals surface area contributed by atoms with E-state index in [0.29, 0.717) is 23.4 Å². The largest absolute Gasteiger partial charge is 0.492 e. The number of nitrogens with zero attached hydrogens (tertiary/aromatic N) is 3. The van der Waals surface area contributed by atoms with Crippen LogP contribution in [0.3, 0.4) is 0 Å². The van der Waals surface area contributed by atoms with Gasteiger partial charge >= 0.3 is 6.09 Å². The normalized spacial score (nSPS) is 14.9. The number of hydrogen-bond acceptors (Lipinski definition) is 6. The number of carbonyl (C=O) groups is 1. The Labute approximate surface area is 212 Å². The second kappa shape index (κ2) is 11.1. The molecule has 0 unspecified atom stereocenters. The van der Waals surface area contributed by atoms with Gasteiger partial charge in [0.2, 0.25) is 5.28 Å². The predicted octanol–water partition coefficient (Wildman–Crippen LogP) is 6.55. The number of halogens is 3. The van der Waals surface area contributed by atoms with Crippen LogP contribution in [-0.2, 0) is 4.74 Å². The standard InChI is InChI=1S/C22H27Cl2IN4O3/c1-22(2,3)32-21(30)29-9-6-14(7-10-29)8-11-31-18-5-4-15(12-17(18)25)27-19-16(23)13-26-20(24)28-19/h4-5,12-14H,6-11H2,1-3H3,(H,26,27,28). The van der Waals surface area contributed by atoms with Gasteiger partial charge in [-0.05, 0) is 98.3 Å². The SMILES string of the molecule is CC(C)(C)OC(=O)N1CCC(CCOc2ccc(Nc3nc(Cl)ncc3Cl)cc2I)CC1. The zero-order chi connectivity index (χ0) is 23.3. The molecule has 0 bridgehead atoms. The van der Waals surface area contributed by atoms with Gasteiger partial charge in [-0.25, -0.2) is 9.78 Å². The highest BCUT2D eigenvalue weighted by molar-refractivity contribution is 14.1. The predicted molar refractivity (Wildman–Crippen MR) is 135 cm³/mol. The highest BCUT2D eigenvalue weighted by Gasteiger charge is 2.26. The van der Waals surface area contributed by atoms with E-state index in [9.17, 15) is 4.79 Å². The van der Waals surface area contributed by atoms with E-state index in [-0.39, 0.29) is 11.4 Å². The van der Waals surface area contributed by atoms with Gasteiger partial charge in [0.1, 0.15) is 16.4 Å².